The summed E-state index contributed by atoms with van der Waals surface area (Å²) in [7, 11) is 0. The highest BCUT2D eigenvalue weighted by Gasteiger charge is 2.19. The molecule has 0 aromatic heterocycles. The second kappa shape index (κ2) is 59.4. The molecule has 0 saturated carbocycles. The van der Waals surface area contributed by atoms with E-state index in [0.29, 0.717) is 19.3 Å². The number of ether oxygens (including phenoxy) is 3. The van der Waals surface area contributed by atoms with E-state index in [9.17, 15) is 14.4 Å². The van der Waals surface area contributed by atoms with Crippen molar-refractivity contribution in [3.05, 3.63) is 72.9 Å². The number of allylic oxidation sites excluding steroid dienone is 12. The van der Waals surface area contributed by atoms with Gasteiger partial charge in [0.15, 0.2) is 6.10 Å². The van der Waals surface area contributed by atoms with Crippen LogP contribution in [0.4, 0.5) is 0 Å². The first-order chi connectivity index (χ1) is 35.0. The lowest BCUT2D eigenvalue weighted by molar-refractivity contribution is -0.166. The molecule has 410 valence electrons. The molecule has 0 spiro atoms. The summed E-state index contributed by atoms with van der Waals surface area (Å²) in [6.07, 6.45) is 76.3. The average molecular weight is 992 g/mol. The highest BCUT2D eigenvalue weighted by Crippen LogP contribution is 2.16. The number of rotatable bonds is 55. The van der Waals surface area contributed by atoms with Crippen molar-refractivity contribution in [2.24, 2.45) is 0 Å². The Balaban J connectivity index is 4.37. The van der Waals surface area contributed by atoms with Crippen LogP contribution in [0.15, 0.2) is 72.9 Å². The van der Waals surface area contributed by atoms with Gasteiger partial charge in [-0.3, -0.25) is 14.4 Å². The van der Waals surface area contributed by atoms with Crippen LogP contribution in [0.3, 0.4) is 0 Å². The zero-order chi connectivity index (χ0) is 51.4. The fourth-order valence-electron chi connectivity index (χ4n) is 8.62. The molecule has 0 heterocycles. The lowest BCUT2D eigenvalue weighted by Gasteiger charge is -2.18. The van der Waals surface area contributed by atoms with Gasteiger partial charge in [-0.25, -0.2) is 0 Å². The van der Waals surface area contributed by atoms with Gasteiger partial charge in [0.2, 0.25) is 0 Å². The van der Waals surface area contributed by atoms with Gasteiger partial charge < -0.3 is 14.2 Å². The molecule has 0 radical (unpaired) electrons. The summed E-state index contributed by atoms with van der Waals surface area (Å²) in [4.78, 5) is 38.2. The topological polar surface area (TPSA) is 78.9 Å². The molecule has 0 amide bonds. The quantitative estimate of drug-likeness (QED) is 0.0261. The first-order valence-electron chi connectivity index (χ1n) is 30.4. The minimum atomic E-state index is -0.806. The standard InChI is InChI=1S/C65H114O6/c1-4-7-10-13-16-19-22-25-27-29-31-32-34-35-37-40-43-46-49-52-55-58-64(67)70-61-62(60-69-63(66)57-54-51-48-45-42-39-24-21-18-15-12-9-6-3)71-65(68)59-56-53-50-47-44-41-38-36-33-30-28-26-23-20-17-14-11-8-5-2/h9,12,18,21,26,28-29,31,39,42,48,51,62H,4-8,10-11,13-17,19-20,22-25,27,30,32-38,40-41,43-47,49-50,52-61H2,1-3H3/b12-9-,21-18-,28-26-,31-29-,42-39-,51-48-. The second-order valence-corrected chi connectivity index (χ2v) is 20.2. The second-order valence-electron chi connectivity index (χ2n) is 20.2. The van der Waals surface area contributed by atoms with Crippen LogP contribution in [0.25, 0.3) is 0 Å². The third-order valence-corrected chi connectivity index (χ3v) is 13.2. The highest BCUT2D eigenvalue weighted by atomic mass is 16.6. The minimum absolute atomic E-state index is 0.0980. The van der Waals surface area contributed by atoms with E-state index in [-0.39, 0.29) is 37.5 Å². The largest absolute Gasteiger partial charge is 0.462 e. The third-order valence-electron chi connectivity index (χ3n) is 13.2. The van der Waals surface area contributed by atoms with Crippen molar-refractivity contribution in [1.29, 1.82) is 0 Å². The van der Waals surface area contributed by atoms with Crippen molar-refractivity contribution >= 4 is 17.9 Å². The van der Waals surface area contributed by atoms with E-state index >= 15 is 0 Å². The molecule has 0 aromatic rings. The van der Waals surface area contributed by atoms with Crippen molar-refractivity contribution in [2.75, 3.05) is 13.2 Å². The van der Waals surface area contributed by atoms with Crippen LogP contribution >= 0.6 is 0 Å². The van der Waals surface area contributed by atoms with Crippen molar-refractivity contribution < 1.29 is 28.6 Å². The maximum absolute atomic E-state index is 12.9. The van der Waals surface area contributed by atoms with Crippen molar-refractivity contribution in [1.82, 2.24) is 0 Å². The smallest absolute Gasteiger partial charge is 0.306 e. The fraction of sp³-hybridized carbons (Fsp3) is 0.769. The number of esters is 3. The van der Waals surface area contributed by atoms with Crippen molar-refractivity contribution in [2.45, 2.75) is 309 Å². The number of carbonyl (C=O) groups is 3. The molecule has 0 aliphatic rings. The normalized spacial score (nSPS) is 12.5. The molecule has 0 N–H and O–H groups in total. The van der Waals surface area contributed by atoms with Gasteiger partial charge in [-0.2, -0.15) is 0 Å². The molecule has 0 aliphatic heterocycles. The Morgan fingerprint density at radius 1 is 0.296 bits per heavy atom. The van der Waals surface area contributed by atoms with Crippen LogP contribution in [0.5, 0.6) is 0 Å². The van der Waals surface area contributed by atoms with E-state index < -0.39 is 6.10 Å². The molecule has 71 heavy (non-hydrogen) atoms. The minimum Gasteiger partial charge on any atom is -0.462 e. The summed E-state index contributed by atoms with van der Waals surface area (Å²) in [6.45, 7) is 6.48. The lowest BCUT2D eigenvalue weighted by atomic mass is 10.1. The van der Waals surface area contributed by atoms with E-state index in [1.807, 2.05) is 6.08 Å². The molecule has 0 aliphatic carbocycles. The zero-order valence-electron chi connectivity index (χ0n) is 47.0. The van der Waals surface area contributed by atoms with E-state index in [2.05, 4.69) is 87.6 Å². The van der Waals surface area contributed by atoms with E-state index in [4.69, 9.17) is 14.2 Å². The Hall–Kier alpha value is -3.15. The van der Waals surface area contributed by atoms with Crippen LogP contribution < -0.4 is 0 Å². The Labute approximate surface area is 440 Å². The summed E-state index contributed by atoms with van der Waals surface area (Å²) >= 11 is 0. The van der Waals surface area contributed by atoms with Crippen LogP contribution in [-0.4, -0.2) is 37.2 Å². The summed E-state index contributed by atoms with van der Waals surface area (Å²) in [5.41, 5.74) is 0. The molecule has 0 bridgehead atoms. The van der Waals surface area contributed by atoms with E-state index in [1.54, 1.807) is 0 Å². The monoisotopic (exact) mass is 991 g/mol. The average Bonchev–Trinajstić information content (AvgIpc) is 3.37. The Bertz CT molecular complexity index is 1320. The van der Waals surface area contributed by atoms with Crippen LogP contribution in [0.1, 0.15) is 303 Å². The highest BCUT2D eigenvalue weighted by molar-refractivity contribution is 5.71. The van der Waals surface area contributed by atoms with Gasteiger partial charge in [-0.1, -0.05) is 261 Å². The van der Waals surface area contributed by atoms with Crippen LogP contribution in [0, 0.1) is 0 Å². The van der Waals surface area contributed by atoms with Gasteiger partial charge >= 0.3 is 17.9 Å². The molecule has 1 unspecified atom stereocenters. The van der Waals surface area contributed by atoms with Gasteiger partial charge in [-0.15, -0.1) is 0 Å². The van der Waals surface area contributed by atoms with Crippen LogP contribution in [0.2, 0.25) is 0 Å². The Kier molecular flexibility index (Phi) is 56.8. The van der Waals surface area contributed by atoms with E-state index in [1.165, 1.54) is 193 Å². The van der Waals surface area contributed by atoms with Crippen molar-refractivity contribution in [3.8, 4) is 0 Å². The maximum atomic E-state index is 12.9. The molecule has 0 rings (SSSR count). The molecule has 6 nitrogen and oxygen atoms in total. The first-order valence-corrected chi connectivity index (χ1v) is 30.4. The van der Waals surface area contributed by atoms with Gasteiger partial charge in [0.05, 0.1) is 0 Å². The Morgan fingerprint density at radius 2 is 0.577 bits per heavy atom. The molecule has 0 fully saturated rings. The van der Waals surface area contributed by atoms with Gasteiger partial charge in [0, 0.05) is 19.3 Å². The lowest BCUT2D eigenvalue weighted by Crippen LogP contribution is -2.30. The summed E-state index contributed by atoms with van der Waals surface area (Å²) in [6, 6.07) is 0. The molecule has 6 heteroatoms. The predicted molar refractivity (Wildman–Crippen MR) is 307 cm³/mol. The summed E-state index contributed by atoms with van der Waals surface area (Å²) in [5.74, 6) is -0.976. The number of hydrogen-bond donors (Lipinski definition) is 0. The van der Waals surface area contributed by atoms with Crippen LogP contribution in [-0.2, 0) is 28.6 Å². The molecule has 1 atom stereocenters. The Morgan fingerprint density at radius 3 is 0.944 bits per heavy atom. The first kappa shape index (κ1) is 67.8. The molecule has 0 aromatic carbocycles. The summed E-state index contributed by atoms with van der Waals surface area (Å²) in [5, 5.41) is 0. The van der Waals surface area contributed by atoms with Gasteiger partial charge in [0.25, 0.3) is 0 Å². The number of hydrogen-bond acceptors (Lipinski definition) is 6. The van der Waals surface area contributed by atoms with Gasteiger partial charge in [-0.05, 0) is 96.3 Å². The molecular formula is C65H114O6. The summed E-state index contributed by atoms with van der Waals surface area (Å²) < 4.78 is 16.8. The fourth-order valence-corrected chi connectivity index (χ4v) is 8.62. The van der Waals surface area contributed by atoms with E-state index in [0.717, 1.165) is 64.2 Å². The maximum Gasteiger partial charge on any atom is 0.306 e. The molecule has 0 saturated heterocycles. The third kappa shape index (κ3) is 57.6. The predicted octanol–water partition coefficient (Wildman–Crippen LogP) is 20.5. The van der Waals surface area contributed by atoms with Gasteiger partial charge in [0.1, 0.15) is 13.2 Å². The number of carbonyl (C=O) groups excluding carboxylic acids is 3. The SMILES string of the molecule is CC/C=C\C/C=C\C/C=C\C/C=C\CCC(=O)OCC(COC(=O)CCCCCCCCCCC/C=C\CCCCCCCCCC)OC(=O)CCCCCCCCCCC/C=C\CCCCCCCC. The zero-order valence-corrected chi connectivity index (χ0v) is 47.0. The number of unbranched alkanes of at least 4 members (excludes halogenated alkanes) is 32. The van der Waals surface area contributed by atoms with Crippen molar-refractivity contribution in [3.63, 3.8) is 0 Å². The molecular weight excluding hydrogens is 877 g/mol.